The molecule has 0 aliphatic carbocycles. The van der Waals surface area contributed by atoms with Gasteiger partial charge in [-0.1, -0.05) is 42.5 Å². The number of carboxylic acids is 1. The number of hydrogen-bond donors (Lipinski definition) is 1. The fourth-order valence-electron chi connectivity index (χ4n) is 2.73. The highest BCUT2D eigenvalue weighted by Gasteiger charge is 2.19. The maximum absolute atomic E-state index is 13.1. The number of benzene rings is 2. The van der Waals surface area contributed by atoms with E-state index in [0.717, 1.165) is 28.1 Å². The first-order valence-electron chi connectivity index (χ1n) is 7.46. The summed E-state index contributed by atoms with van der Waals surface area (Å²) in [5.74, 6) is -1.13. The van der Waals surface area contributed by atoms with Gasteiger partial charge in [0.25, 0.3) is 0 Å². The summed E-state index contributed by atoms with van der Waals surface area (Å²) in [6.45, 7) is 0. The van der Waals surface area contributed by atoms with Crippen molar-refractivity contribution in [3.8, 4) is 0 Å². The van der Waals surface area contributed by atoms with Crippen molar-refractivity contribution in [3.63, 3.8) is 0 Å². The zero-order valence-corrected chi connectivity index (χ0v) is 12.5. The Morgan fingerprint density at radius 3 is 2.35 bits per heavy atom. The van der Waals surface area contributed by atoms with Crippen molar-refractivity contribution in [1.82, 2.24) is 0 Å². The van der Waals surface area contributed by atoms with Crippen LogP contribution in [0, 0.1) is 5.82 Å². The minimum atomic E-state index is -0.853. The maximum atomic E-state index is 13.1. The van der Waals surface area contributed by atoms with Gasteiger partial charge in [-0.2, -0.15) is 0 Å². The molecule has 0 aromatic heterocycles. The Kier molecular flexibility index (Phi) is 4.33. The molecule has 0 unspecified atom stereocenters. The molecule has 4 heteroatoms. The first-order valence-corrected chi connectivity index (χ1v) is 7.46. The van der Waals surface area contributed by atoms with E-state index in [-0.39, 0.29) is 12.2 Å². The minimum Gasteiger partial charge on any atom is -0.481 e. The lowest BCUT2D eigenvalue weighted by atomic mass is 9.93. The summed E-state index contributed by atoms with van der Waals surface area (Å²) in [6.07, 6.45) is 1.29. The zero-order valence-electron chi connectivity index (χ0n) is 12.5. The zero-order chi connectivity index (χ0) is 16.2. The molecule has 0 saturated heterocycles. The van der Waals surface area contributed by atoms with E-state index in [0.29, 0.717) is 12.8 Å². The molecule has 3 rings (SSSR count). The van der Waals surface area contributed by atoms with Crippen molar-refractivity contribution in [2.24, 2.45) is 4.99 Å². The fourth-order valence-corrected chi connectivity index (χ4v) is 2.73. The van der Waals surface area contributed by atoms with Crippen LogP contribution in [0.3, 0.4) is 0 Å². The summed E-state index contributed by atoms with van der Waals surface area (Å²) in [7, 11) is 0. The van der Waals surface area contributed by atoms with Crippen molar-refractivity contribution in [3.05, 3.63) is 77.1 Å². The summed E-state index contributed by atoms with van der Waals surface area (Å²) in [4.78, 5) is 15.8. The van der Waals surface area contributed by atoms with Crippen LogP contribution in [0.4, 0.5) is 4.39 Å². The van der Waals surface area contributed by atoms with E-state index in [1.807, 2.05) is 30.3 Å². The quantitative estimate of drug-likeness (QED) is 0.915. The van der Waals surface area contributed by atoms with E-state index in [1.165, 1.54) is 12.1 Å². The van der Waals surface area contributed by atoms with Crippen LogP contribution >= 0.6 is 0 Å². The van der Waals surface area contributed by atoms with Crippen molar-refractivity contribution in [2.75, 3.05) is 0 Å². The van der Waals surface area contributed by atoms with Gasteiger partial charge in [0.05, 0.1) is 12.1 Å². The van der Waals surface area contributed by atoms with Crippen molar-refractivity contribution < 1.29 is 14.3 Å². The molecular weight excluding hydrogens is 293 g/mol. The molecule has 1 N–H and O–H groups in total. The Balaban J connectivity index is 2.04. The summed E-state index contributed by atoms with van der Waals surface area (Å²) >= 11 is 0. The van der Waals surface area contributed by atoms with Crippen molar-refractivity contribution in [2.45, 2.75) is 19.3 Å². The highest BCUT2D eigenvalue weighted by molar-refractivity contribution is 6.05. The van der Waals surface area contributed by atoms with Crippen LogP contribution in [0.2, 0.25) is 0 Å². The first kappa shape index (κ1) is 15.2. The van der Waals surface area contributed by atoms with E-state index >= 15 is 0 Å². The SMILES string of the molecule is O=C(O)CC1=C(c2ccccc2)N=C(c2ccc(F)cc2)CC1. The molecule has 1 aliphatic heterocycles. The van der Waals surface area contributed by atoms with Crippen LogP contribution in [0.1, 0.15) is 30.4 Å². The number of hydrogen-bond acceptors (Lipinski definition) is 2. The van der Waals surface area contributed by atoms with Gasteiger partial charge in [0.15, 0.2) is 0 Å². The average molecular weight is 309 g/mol. The number of nitrogens with zero attached hydrogens (tertiary/aromatic N) is 1. The van der Waals surface area contributed by atoms with Crippen molar-refractivity contribution >= 4 is 17.4 Å². The van der Waals surface area contributed by atoms with Crippen LogP contribution < -0.4 is 0 Å². The number of halogens is 1. The van der Waals surface area contributed by atoms with Crippen LogP contribution in [-0.4, -0.2) is 16.8 Å². The second-order valence-electron chi connectivity index (χ2n) is 5.45. The number of carbonyl (C=O) groups is 1. The molecule has 0 atom stereocenters. The minimum absolute atomic E-state index is 0.00950. The van der Waals surface area contributed by atoms with Gasteiger partial charge in [-0.05, 0) is 36.1 Å². The van der Waals surface area contributed by atoms with Crippen molar-refractivity contribution in [1.29, 1.82) is 0 Å². The normalized spacial score (nSPS) is 14.6. The van der Waals surface area contributed by atoms with Gasteiger partial charge in [-0.15, -0.1) is 0 Å². The Morgan fingerprint density at radius 1 is 1.00 bits per heavy atom. The third-order valence-electron chi connectivity index (χ3n) is 3.83. The smallest absolute Gasteiger partial charge is 0.307 e. The highest BCUT2D eigenvalue weighted by Crippen LogP contribution is 2.31. The molecule has 2 aromatic carbocycles. The fraction of sp³-hybridized carbons (Fsp3) is 0.158. The lowest BCUT2D eigenvalue weighted by Crippen LogP contribution is -2.11. The second kappa shape index (κ2) is 6.57. The monoisotopic (exact) mass is 309 g/mol. The van der Waals surface area contributed by atoms with Crippen LogP contribution in [-0.2, 0) is 4.79 Å². The second-order valence-corrected chi connectivity index (χ2v) is 5.45. The topological polar surface area (TPSA) is 49.7 Å². The van der Waals surface area contributed by atoms with E-state index < -0.39 is 5.97 Å². The lowest BCUT2D eigenvalue weighted by Gasteiger charge is -2.19. The summed E-state index contributed by atoms with van der Waals surface area (Å²) < 4.78 is 13.1. The molecular formula is C19H16FNO2. The summed E-state index contributed by atoms with van der Waals surface area (Å²) in [5, 5.41) is 9.12. The number of aliphatic carboxylic acids is 1. The molecule has 116 valence electrons. The van der Waals surface area contributed by atoms with Crippen LogP contribution in [0.15, 0.2) is 65.2 Å². The van der Waals surface area contributed by atoms with E-state index in [9.17, 15) is 9.18 Å². The molecule has 0 amide bonds. The number of aliphatic imine (C=N–C) groups is 1. The van der Waals surface area contributed by atoms with E-state index in [4.69, 9.17) is 10.1 Å². The molecule has 0 spiro atoms. The van der Waals surface area contributed by atoms with Gasteiger partial charge in [0.1, 0.15) is 5.82 Å². The predicted octanol–water partition coefficient (Wildman–Crippen LogP) is 4.29. The third kappa shape index (κ3) is 3.54. The molecule has 0 fully saturated rings. The number of carboxylic acid groups (broad SMARTS) is 1. The maximum Gasteiger partial charge on any atom is 0.307 e. The van der Waals surface area contributed by atoms with E-state index in [1.54, 1.807) is 12.1 Å². The van der Waals surface area contributed by atoms with Gasteiger partial charge in [-0.3, -0.25) is 9.79 Å². The Labute approximate surface area is 133 Å². The molecule has 23 heavy (non-hydrogen) atoms. The molecule has 2 aromatic rings. The average Bonchev–Trinajstić information content (AvgIpc) is 2.56. The first-order chi connectivity index (χ1) is 11.1. The molecule has 0 saturated carbocycles. The Bertz CT molecular complexity index is 777. The van der Waals surface area contributed by atoms with Gasteiger partial charge < -0.3 is 5.11 Å². The number of rotatable bonds is 4. The Morgan fingerprint density at radius 2 is 1.70 bits per heavy atom. The van der Waals surface area contributed by atoms with E-state index in [2.05, 4.69) is 0 Å². The highest BCUT2D eigenvalue weighted by atomic mass is 19.1. The van der Waals surface area contributed by atoms with Gasteiger partial charge in [0.2, 0.25) is 0 Å². The summed E-state index contributed by atoms with van der Waals surface area (Å²) in [5.41, 5.74) is 4.18. The largest absolute Gasteiger partial charge is 0.481 e. The van der Waals surface area contributed by atoms with Gasteiger partial charge >= 0.3 is 5.97 Å². The third-order valence-corrected chi connectivity index (χ3v) is 3.83. The van der Waals surface area contributed by atoms with Crippen LogP contribution in [0.25, 0.3) is 5.70 Å². The molecule has 1 aliphatic rings. The Hall–Kier alpha value is -2.75. The molecule has 3 nitrogen and oxygen atoms in total. The predicted molar refractivity (Wildman–Crippen MR) is 87.8 cm³/mol. The van der Waals surface area contributed by atoms with Gasteiger partial charge in [0, 0.05) is 11.3 Å². The molecule has 0 bridgehead atoms. The van der Waals surface area contributed by atoms with Crippen LogP contribution in [0.5, 0.6) is 0 Å². The molecule has 1 heterocycles. The standard InChI is InChI=1S/C19H16FNO2/c20-16-9-6-13(7-10-16)17-11-8-15(12-18(22)23)19(21-17)14-4-2-1-3-5-14/h1-7,9-10H,8,11-12H2,(H,22,23). The van der Waals surface area contributed by atoms with Gasteiger partial charge in [-0.25, -0.2) is 4.39 Å². The lowest BCUT2D eigenvalue weighted by molar-refractivity contribution is -0.136. The molecule has 0 radical (unpaired) electrons. The summed E-state index contributed by atoms with van der Waals surface area (Å²) in [6, 6.07) is 15.8.